The summed E-state index contributed by atoms with van der Waals surface area (Å²) in [6, 6.07) is 10.2. The second-order valence-corrected chi connectivity index (χ2v) is 4.82. The first-order chi connectivity index (χ1) is 8.88. The van der Waals surface area contributed by atoms with E-state index in [-0.39, 0.29) is 5.69 Å². The number of para-hydroxylation sites is 1. The zero-order chi connectivity index (χ0) is 14.0. The second-order valence-electron chi connectivity index (χ2n) is 3.90. The number of benzene rings is 2. The van der Waals surface area contributed by atoms with Crippen LogP contribution in [0.4, 0.5) is 30.2 Å². The van der Waals surface area contributed by atoms with E-state index in [1.807, 2.05) is 0 Å². The highest BCUT2D eigenvalue weighted by atomic mass is 79.9. The van der Waals surface area contributed by atoms with Crippen LogP contribution in [-0.2, 0) is 6.18 Å². The van der Waals surface area contributed by atoms with Gasteiger partial charge in [0.25, 0.3) is 0 Å². The molecule has 0 aliphatic carbocycles. The molecule has 0 unspecified atom stereocenters. The quantitative estimate of drug-likeness (QED) is 0.776. The minimum absolute atomic E-state index is 0.0280. The molecule has 0 aromatic heterocycles. The molecule has 100 valence electrons. The van der Waals surface area contributed by atoms with Crippen LogP contribution in [0.15, 0.2) is 46.9 Å². The summed E-state index contributed by atoms with van der Waals surface area (Å²) < 4.78 is 39.3. The lowest BCUT2D eigenvalue weighted by Crippen LogP contribution is -2.09. The summed E-state index contributed by atoms with van der Waals surface area (Å²) in [4.78, 5) is 0. The first kappa shape index (κ1) is 13.7. The van der Waals surface area contributed by atoms with E-state index in [9.17, 15) is 13.2 Å². The highest BCUT2D eigenvalue weighted by molar-refractivity contribution is 9.10. The van der Waals surface area contributed by atoms with E-state index in [0.717, 1.165) is 10.5 Å². The lowest BCUT2D eigenvalue weighted by atomic mass is 10.1. The molecule has 2 aromatic rings. The van der Waals surface area contributed by atoms with Crippen molar-refractivity contribution < 1.29 is 13.2 Å². The molecule has 0 saturated heterocycles. The Kier molecular flexibility index (Phi) is 3.71. The number of rotatable bonds is 2. The van der Waals surface area contributed by atoms with E-state index in [1.54, 1.807) is 18.2 Å². The van der Waals surface area contributed by atoms with Crippen molar-refractivity contribution in [2.45, 2.75) is 6.18 Å². The Morgan fingerprint density at radius 2 is 1.68 bits per heavy atom. The zero-order valence-electron chi connectivity index (χ0n) is 9.63. The van der Waals surface area contributed by atoms with E-state index in [4.69, 9.17) is 5.73 Å². The third-order valence-corrected chi connectivity index (χ3v) is 3.01. The molecule has 0 aliphatic rings. The van der Waals surface area contributed by atoms with Crippen molar-refractivity contribution in [3.05, 3.63) is 52.5 Å². The highest BCUT2D eigenvalue weighted by Crippen LogP contribution is 2.37. The van der Waals surface area contributed by atoms with Crippen LogP contribution in [0.1, 0.15) is 5.56 Å². The van der Waals surface area contributed by atoms with Gasteiger partial charge in [0.2, 0.25) is 0 Å². The molecule has 3 N–H and O–H groups in total. The predicted octanol–water partition coefficient (Wildman–Crippen LogP) is 4.79. The number of nitrogens with two attached hydrogens (primary N) is 1. The SMILES string of the molecule is Nc1ccc(Br)cc1Nc1ccccc1C(F)(F)F. The van der Waals surface area contributed by atoms with Crippen LogP contribution in [0.3, 0.4) is 0 Å². The summed E-state index contributed by atoms with van der Waals surface area (Å²) in [5, 5.41) is 2.71. The normalized spacial score (nSPS) is 11.4. The van der Waals surface area contributed by atoms with Gasteiger partial charge in [-0.25, -0.2) is 0 Å². The number of anilines is 3. The average molecular weight is 331 g/mol. The number of halogens is 4. The fourth-order valence-corrected chi connectivity index (χ4v) is 1.98. The van der Waals surface area contributed by atoms with Crippen LogP contribution in [0, 0.1) is 0 Å². The van der Waals surface area contributed by atoms with Gasteiger partial charge in [-0.3, -0.25) is 0 Å². The standard InChI is InChI=1S/C13H10BrF3N2/c14-8-5-6-10(18)12(7-8)19-11-4-2-1-3-9(11)13(15,16)17/h1-7,19H,18H2. The fraction of sp³-hybridized carbons (Fsp3) is 0.0769. The number of nitrogens with one attached hydrogen (secondary N) is 1. The Morgan fingerprint density at radius 1 is 1.00 bits per heavy atom. The van der Waals surface area contributed by atoms with Crippen molar-refractivity contribution in [1.82, 2.24) is 0 Å². The lowest BCUT2D eigenvalue weighted by molar-refractivity contribution is -0.136. The molecule has 0 spiro atoms. The van der Waals surface area contributed by atoms with E-state index in [0.29, 0.717) is 11.4 Å². The molecular formula is C13H10BrF3N2. The number of nitrogen functional groups attached to an aromatic ring is 1. The van der Waals surface area contributed by atoms with Crippen molar-refractivity contribution in [2.24, 2.45) is 0 Å². The Hall–Kier alpha value is -1.69. The average Bonchev–Trinajstić information content (AvgIpc) is 2.33. The minimum Gasteiger partial charge on any atom is -0.397 e. The third-order valence-electron chi connectivity index (χ3n) is 2.52. The van der Waals surface area contributed by atoms with Crippen LogP contribution in [0.5, 0.6) is 0 Å². The lowest BCUT2D eigenvalue weighted by Gasteiger charge is -2.15. The molecule has 0 bridgehead atoms. The van der Waals surface area contributed by atoms with Crippen LogP contribution >= 0.6 is 15.9 Å². The molecule has 6 heteroatoms. The van der Waals surface area contributed by atoms with Crippen LogP contribution in [-0.4, -0.2) is 0 Å². The number of hydrogen-bond donors (Lipinski definition) is 2. The van der Waals surface area contributed by atoms with Gasteiger partial charge in [0, 0.05) is 4.47 Å². The van der Waals surface area contributed by atoms with Gasteiger partial charge in [-0.15, -0.1) is 0 Å². The Morgan fingerprint density at radius 3 is 2.37 bits per heavy atom. The predicted molar refractivity (Wildman–Crippen MR) is 73.3 cm³/mol. The maximum Gasteiger partial charge on any atom is 0.418 e. The van der Waals surface area contributed by atoms with Crippen LogP contribution < -0.4 is 11.1 Å². The Labute approximate surface area is 116 Å². The largest absolute Gasteiger partial charge is 0.418 e. The summed E-state index contributed by atoms with van der Waals surface area (Å²) in [6.45, 7) is 0. The molecule has 0 aliphatic heterocycles. The molecule has 0 fully saturated rings. The van der Waals surface area contributed by atoms with Gasteiger partial charge < -0.3 is 11.1 Å². The smallest absolute Gasteiger partial charge is 0.397 e. The maximum absolute atomic E-state index is 12.9. The molecule has 2 aromatic carbocycles. The molecule has 0 heterocycles. The van der Waals surface area contributed by atoms with Gasteiger partial charge in [0.05, 0.1) is 22.6 Å². The van der Waals surface area contributed by atoms with Crippen molar-refractivity contribution in [3.8, 4) is 0 Å². The summed E-state index contributed by atoms with van der Waals surface area (Å²) in [5.41, 5.74) is 5.77. The van der Waals surface area contributed by atoms with Gasteiger partial charge in [-0.2, -0.15) is 13.2 Å². The highest BCUT2D eigenvalue weighted by Gasteiger charge is 2.33. The van der Waals surface area contributed by atoms with Gasteiger partial charge >= 0.3 is 6.18 Å². The van der Waals surface area contributed by atoms with Crippen molar-refractivity contribution in [1.29, 1.82) is 0 Å². The fourth-order valence-electron chi connectivity index (χ4n) is 1.62. The Bertz CT molecular complexity index is 597. The molecule has 0 radical (unpaired) electrons. The van der Waals surface area contributed by atoms with Crippen molar-refractivity contribution in [2.75, 3.05) is 11.1 Å². The topological polar surface area (TPSA) is 38.0 Å². The van der Waals surface area contributed by atoms with Gasteiger partial charge in [0.1, 0.15) is 0 Å². The van der Waals surface area contributed by atoms with E-state index < -0.39 is 11.7 Å². The van der Waals surface area contributed by atoms with E-state index in [2.05, 4.69) is 21.2 Å². The zero-order valence-corrected chi connectivity index (χ0v) is 11.2. The molecule has 2 nitrogen and oxygen atoms in total. The van der Waals surface area contributed by atoms with E-state index in [1.165, 1.54) is 18.2 Å². The molecule has 0 amide bonds. The summed E-state index contributed by atoms with van der Waals surface area (Å²) in [6.07, 6.45) is -4.41. The van der Waals surface area contributed by atoms with Crippen molar-refractivity contribution >= 4 is 33.0 Å². The molecule has 0 atom stereocenters. The molecule has 2 rings (SSSR count). The summed E-state index contributed by atoms with van der Waals surface area (Å²) in [7, 11) is 0. The van der Waals surface area contributed by atoms with Gasteiger partial charge in [-0.05, 0) is 30.3 Å². The first-order valence-corrected chi connectivity index (χ1v) is 6.15. The molecular weight excluding hydrogens is 321 g/mol. The van der Waals surface area contributed by atoms with Crippen molar-refractivity contribution in [3.63, 3.8) is 0 Å². The second kappa shape index (κ2) is 5.13. The van der Waals surface area contributed by atoms with Crippen LogP contribution in [0.25, 0.3) is 0 Å². The monoisotopic (exact) mass is 330 g/mol. The number of alkyl halides is 3. The van der Waals surface area contributed by atoms with Gasteiger partial charge in [-0.1, -0.05) is 28.1 Å². The van der Waals surface area contributed by atoms with E-state index >= 15 is 0 Å². The summed E-state index contributed by atoms with van der Waals surface area (Å²) in [5.74, 6) is 0. The summed E-state index contributed by atoms with van der Waals surface area (Å²) >= 11 is 3.25. The third kappa shape index (κ3) is 3.20. The molecule has 19 heavy (non-hydrogen) atoms. The first-order valence-electron chi connectivity index (χ1n) is 5.36. The Balaban J connectivity index is 2.41. The van der Waals surface area contributed by atoms with Crippen LogP contribution in [0.2, 0.25) is 0 Å². The maximum atomic E-state index is 12.9. The minimum atomic E-state index is -4.41. The molecule has 0 saturated carbocycles. The number of hydrogen-bond acceptors (Lipinski definition) is 2. The van der Waals surface area contributed by atoms with Gasteiger partial charge in [0.15, 0.2) is 0 Å².